The van der Waals surface area contributed by atoms with Crippen LogP contribution in [0.3, 0.4) is 0 Å². The Morgan fingerprint density at radius 1 is 0.838 bits per heavy atom. The van der Waals surface area contributed by atoms with Crippen LogP contribution in [0.25, 0.3) is 11.3 Å². The summed E-state index contributed by atoms with van der Waals surface area (Å²) in [6.07, 6.45) is 13.7. The van der Waals surface area contributed by atoms with Crippen LogP contribution in [0.15, 0.2) is 54.6 Å². The number of nitrogens with zero attached hydrogens (tertiary/aromatic N) is 7. The number of β-amino-alcohol motifs (C(OH)–C–C–N with tert-alkyl or cyclic N) is 1. The highest BCUT2D eigenvalue weighted by molar-refractivity contribution is 5.93. The predicted octanol–water partition coefficient (Wildman–Crippen LogP) is 4.04. The monoisotopic (exact) mass is 927 g/mol. The Morgan fingerprint density at radius 2 is 1.51 bits per heavy atom. The van der Waals surface area contributed by atoms with E-state index in [1.807, 2.05) is 63.2 Å². The molecule has 0 unspecified atom stereocenters. The van der Waals surface area contributed by atoms with Crippen LogP contribution in [0.1, 0.15) is 89.7 Å². The molecular formula is C53H70N10O5. The number of phenolic OH excluding ortho intramolecular Hbond substituents is 1. The maximum Gasteiger partial charge on any atom is 0.246 e. The van der Waals surface area contributed by atoms with Crippen molar-refractivity contribution in [3.05, 3.63) is 65.7 Å². The lowest BCUT2D eigenvalue weighted by Gasteiger charge is -2.60. The lowest BCUT2D eigenvalue weighted by molar-refractivity contribution is -0.150. The van der Waals surface area contributed by atoms with Gasteiger partial charge in [0.2, 0.25) is 17.7 Å². The Morgan fingerprint density at radius 3 is 2.19 bits per heavy atom. The molecule has 2 saturated carbocycles. The number of phenols is 1. The average Bonchev–Trinajstić information content (AvgIpc) is 3.72. The standard InChI is InChI=1S/C53H70N10O5/c1-5-34-10-12-35(13-11-34)30-55-50(67)45-24-41(64)33-63(45)51(68)47(52(2,3)4)56-49(66)36-26-53(27-36)28-39(29-53)60-20-14-37(15-21-60)59-18-16-38(17-19-59)61-22-23-62-40(32-61)31-54-48-44(62)25-43(57-58-48)42-8-6-7-9-46(42)65/h1,6-13,25,36-41,45,47,64-65H,14-24,26-33H2,2-4H3,(H,54,58)(H,55,67)(H,56,66)/t36-,39-,40-,41+,45-,47+,53?/m0/s1. The topological polar surface area (TPSA) is 170 Å². The zero-order valence-corrected chi connectivity index (χ0v) is 40.1. The Kier molecular flexibility index (Phi) is 12.9. The number of aromatic hydroxyl groups is 1. The summed E-state index contributed by atoms with van der Waals surface area (Å²) in [5.41, 5.74) is 3.74. The number of hydrogen-bond acceptors (Lipinski definition) is 12. The molecule has 2 aromatic carbocycles. The third-order valence-corrected chi connectivity index (χ3v) is 16.7. The van der Waals surface area contributed by atoms with Crippen LogP contribution >= 0.6 is 0 Å². The molecule has 0 radical (unpaired) electrons. The number of aliphatic hydroxyl groups excluding tert-OH is 1. The summed E-state index contributed by atoms with van der Waals surface area (Å²) in [5.74, 6) is 2.78. The fraction of sp³-hybridized carbons (Fsp3) is 0.604. The summed E-state index contributed by atoms with van der Waals surface area (Å²) in [4.78, 5) is 53.6. The number of likely N-dealkylation sites (tertiary alicyclic amines) is 3. The number of aromatic nitrogens is 2. The van der Waals surface area contributed by atoms with E-state index in [1.165, 1.54) is 43.7 Å². The molecule has 5 N–H and O–H groups in total. The zero-order chi connectivity index (χ0) is 47.3. The molecule has 2 aliphatic carbocycles. The van der Waals surface area contributed by atoms with E-state index in [0.717, 1.165) is 87.6 Å². The van der Waals surface area contributed by atoms with Crippen molar-refractivity contribution in [2.45, 2.75) is 127 Å². The molecular weight excluding hydrogens is 857 g/mol. The molecule has 15 nitrogen and oxygen atoms in total. The smallest absolute Gasteiger partial charge is 0.246 e. The fourth-order valence-electron chi connectivity index (χ4n) is 12.8. The summed E-state index contributed by atoms with van der Waals surface area (Å²) < 4.78 is 0. The number of hydrogen-bond donors (Lipinski definition) is 5. The minimum absolute atomic E-state index is 0.0517. The van der Waals surface area contributed by atoms with Crippen molar-refractivity contribution in [1.29, 1.82) is 0 Å². The number of terminal acetylenes is 1. The fourth-order valence-corrected chi connectivity index (χ4v) is 12.8. The summed E-state index contributed by atoms with van der Waals surface area (Å²) >= 11 is 0. The van der Waals surface area contributed by atoms with Crippen molar-refractivity contribution >= 4 is 29.2 Å². The number of aliphatic hydroxyl groups is 1. The predicted molar refractivity (Wildman–Crippen MR) is 261 cm³/mol. The van der Waals surface area contributed by atoms with E-state index >= 15 is 0 Å². The van der Waals surface area contributed by atoms with Crippen LogP contribution in [-0.2, 0) is 20.9 Å². The molecule has 4 atom stereocenters. The molecule has 4 saturated heterocycles. The largest absolute Gasteiger partial charge is 0.507 e. The Labute approximate surface area is 401 Å². The van der Waals surface area contributed by atoms with E-state index in [1.54, 1.807) is 6.07 Å². The molecule has 0 bridgehead atoms. The second-order valence-electron chi connectivity index (χ2n) is 22.2. The first-order valence-corrected chi connectivity index (χ1v) is 25.2. The number of anilines is 2. The van der Waals surface area contributed by atoms with Crippen LogP contribution in [-0.4, -0.2) is 159 Å². The Bertz CT molecular complexity index is 2370. The number of carbonyl (C=O) groups excluding carboxylic acids is 3. The minimum Gasteiger partial charge on any atom is -0.507 e. The van der Waals surface area contributed by atoms with Gasteiger partial charge in [-0.25, -0.2) is 0 Å². The van der Waals surface area contributed by atoms with Crippen LogP contribution in [0.4, 0.5) is 11.5 Å². The Balaban J connectivity index is 0.646. The van der Waals surface area contributed by atoms with Crippen LogP contribution in [0, 0.1) is 29.1 Å². The van der Waals surface area contributed by atoms with Crippen molar-refractivity contribution in [2.24, 2.45) is 16.7 Å². The number of carbonyl (C=O) groups is 3. The van der Waals surface area contributed by atoms with Gasteiger partial charge in [-0.2, -0.15) is 0 Å². The molecule has 7 aliphatic rings. The van der Waals surface area contributed by atoms with Crippen LogP contribution < -0.4 is 20.9 Å². The molecule has 3 amide bonds. The minimum atomic E-state index is -0.822. The second kappa shape index (κ2) is 18.9. The van der Waals surface area contributed by atoms with Gasteiger partial charge in [0.15, 0.2) is 5.82 Å². The van der Waals surface area contributed by atoms with Crippen LogP contribution in [0.2, 0.25) is 0 Å². The number of piperazine rings is 1. The van der Waals surface area contributed by atoms with E-state index in [0.29, 0.717) is 35.4 Å². The van der Waals surface area contributed by atoms with Gasteiger partial charge in [-0.3, -0.25) is 19.3 Å². The Hall–Kier alpha value is -5.27. The van der Waals surface area contributed by atoms with Crippen molar-refractivity contribution in [1.82, 2.24) is 40.4 Å². The molecule has 3 aromatic rings. The normalized spacial score (nSPS) is 28.6. The van der Waals surface area contributed by atoms with Crippen LogP contribution in [0.5, 0.6) is 5.75 Å². The number of amides is 3. The van der Waals surface area contributed by atoms with Gasteiger partial charge in [-0.1, -0.05) is 51.0 Å². The number of fused-ring (bicyclic) bond motifs is 3. The number of para-hydroxylation sites is 1. The molecule has 10 rings (SSSR count). The third kappa shape index (κ3) is 9.41. The summed E-state index contributed by atoms with van der Waals surface area (Å²) in [6, 6.07) is 17.3. The van der Waals surface area contributed by atoms with Crippen molar-refractivity contribution in [2.75, 3.05) is 69.1 Å². The first-order chi connectivity index (χ1) is 32.7. The molecule has 1 aromatic heterocycles. The molecule has 6 fully saturated rings. The number of rotatable bonds is 10. The van der Waals surface area contributed by atoms with Gasteiger partial charge in [-0.15, -0.1) is 16.6 Å². The van der Waals surface area contributed by atoms with E-state index in [2.05, 4.69) is 57.7 Å². The quantitative estimate of drug-likeness (QED) is 0.186. The molecule has 1 spiro atoms. The highest BCUT2D eigenvalue weighted by Gasteiger charge is 2.57. The van der Waals surface area contributed by atoms with Crippen molar-refractivity contribution in [3.63, 3.8) is 0 Å². The first kappa shape index (κ1) is 46.5. The van der Waals surface area contributed by atoms with Gasteiger partial charge in [-0.05, 0) is 124 Å². The summed E-state index contributed by atoms with van der Waals surface area (Å²) in [5, 5.41) is 39.6. The second-order valence-corrected chi connectivity index (χ2v) is 22.2. The van der Waals surface area contributed by atoms with Crippen molar-refractivity contribution < 1.29 is 24.6 Å². The maximum atomic E-state index is 14.2. The van der Waals surface area contributed by atoms with E-state index < -0.39 is 23.6 Å². The molecule has 6 heterocycles. The highest BCUT2D eigenvalue weighted by atomic mass is 16.3. The van der Waals surface area contributed by atoms with Gasteiger partial charge in [0.1, 0.15) is 17.8 Å². The van der Waals surface area contributed by atoms with Gasteiger partial charge in [0, 0.05) is 80.9 Å². The average molecular weight is 927 g/mol. The molecule has 5 aliphatic heterocycles. The SMILES string of the molecule is C#Cc1ccc(CNC(=O)[C@@H]2C[C@@H](O)CN2C(=O)[C@@H](NC(=O)[C@H]2CC3(C2)C[C@H](N2CCC(N4CCC(N5CCN6c7cc(-c8ccccc8O)nnc7NC[C@H]6C5)CC4)CC2)C3)C(C)(C)C)cc1. The van der Waals surface area contributed by atoms with Gasteiger partial charge in [0.25, 0.3) is 0 Å². The zero-order valence-electron chi connectivity index (χ0n) is 40.1. The highest BCUT2D eigenvalue weighted by Crippen LogP contribution is 2.60. The number of benzene rings is 2. The number of piperidine rings is 2. The van der Waals surface area contributed by atoms with Crippen molar-refractivity contribution in [3.8, 4) is 29.4 Å². The molecule has 68 heavy (non-hydrogen) atoms. The maximum absolute atomic E-state index is 14.2. The van der Waals surface area contributed by atoms with Gasteiger partial charge >= 0.3 is 0 Å². The summed E-state index contributed by atoms with van der Waals surface area (Å²) in [6.45, 7) is 14.6. The molecule has 15 heteroatoms. The summed E-state index contributed by atoms with van der Waals surface area (Å²) in [7, 11) is 0. The molecule has 362 valence electrons. The van der Waals surface area contributed by atoms with E-state index in [4.69, 9.17) is 6.42 Å². The third-order valence-electron chi connectivity index (χ3n) is 16.7. The van der Waals surface area contributed by atoms with E-state index in [9.17, 15) is 24.6 Å². The lowest BCUT2D eigenvalue weighted by atomic mass is 9.49. The number of nitrogens with one attached hydrogen (secondary N) is 3. The van der Waals surface area contributed by atoms with Gasteiger partial charge < -0.3 is 45.8 Å². The first-order valence-electron chi connectivity index (χ1n) is 25.2. The van der Waals surface area contributed by atoms with E-state index in [-0.39, 0.29) is 54.3 Å². The lowest BCUT2D eigenvalue weighted by Crippen LogP contribution is -2.63. The van der Waals surface area contributed by atoms with Gasteiger partial charge in [0.05, 0.1) is 23.5 Å².